The second-order valence-electron chi connectivity index (χ2n) is 3.07. The fourth-order valence-electron chi connectivity index (χ4n) is 1.02. The minimum atomic E-state index is -4.93. The number of halogens is 4. The van der Waals surface area contributed by atoms with Gasteiger partial charge in [-0.1, -0.05) is 28.1 Å². The number of nitrogens with one attached hydrogen (secondary N) is 1. The van der Waals surface area contributed by atoms with Crippen LogP contribution in [-0.2, 0) is 13.9 Å². The Morgan fingerprint density at radius 2 is 1.89 bits per heavy atom. The average Bonchev–Trinajstić information content (AvgIpc) is 2.29. The largest absolute Gasteiger partial charge is 0.471 e. The molecule has 0 heterocycles. The maximum atomic E-state index is 12.0. The number of anilines is 1. The molecule has 1 atom stereocenters. The topological polar surface area (TPSA) is 55.4 Å². The average molecular weight is 344 g/mol. The van der Waals surface area contributed by atoms with Crippen LogP contribution in [0.2, 0.25) is 0 Å². The number of hydrogen-bond acceptors (Lipinski definition) is 3. The Morgan fingerprint density at radius 1 is 1.33 bits per heavy atom. The molecule has 1 aromatic rings. The van der Waals surface area contributed by atoms with E-state index in [1.54, 1.807) is 5.32 Å². The number of alkyl halides is 4. The van der Waals surface area contributed by atoms with Gasteiger partial charge in [0.25, 0.3) is 0 Å². The van der Waals surface area contributed by atoms with Crippen molar-refractivity contribution in [2.24, 2.45) is 0 Å². The molecular weight excluding hydrogens is 338 g/mol. The van der Waals surface area contributed by atoms with Gasteiger partial charge in [-0.15, -0.1) is 0 Å². The third-order valence-electron chi connectivity index (χ3n) is 1.82. The zero-order valence-corrected chi connectivity index (χ0v) is 11.1. The Hall–Kier alpha value is -0.980. The smallest absolute Gasteiger partial charge is 0.318 e. The summed E-state index contributed by atoms with van der Waals surface area (Å²) >= 11 is 3.06. The highest BCUT2D eigenvalue weighted by atomic mass is 79.9. The highest BCUT2D eigenvalue weighted by Crippen LogP contribution is 2.28. The minimum absolute atomic E-state index is 0.000416. The predicted octanol–water partition coefficient (Wildman–Crippen LogP) is 3.80. The van der Waals surface area contributed by atoms with Crippen LogP contribution >= 0.6 is 24.6 Å². The lowest BCUT2D eigenvalue weighted by Gasteiger charge is -2.09. The lowest BCUT2D eigenvalue weighted by atomic mass is 10.2. The van der Waals surface area contributed by atoms with E-state index in [4.69, 9.17) is 0 Å². The van der Waals surface area contributed by atoms with Gasteiger partial charge in [-0.05, 0) is 17.7 Å². The van der Waals surface area contributed by atoms with Crippen molar-refractivity contribution in [3.8, 4) is 0 Å². The molecule has 4 nitrogen and oxygen atoms in total. The van der Waals surface area contributed by atoms with Crippen LogP contribution in [-0.4, -0.2) is 12.1 Å². The summed E-state index contributed by atoms with van der Waals surface area (Å²) in [5.74, 6) is -2.04. The van der Waals surface area contributed by atoms with Gasteiger partial charge in [0.1, 0.15) is 0 Å². The molecule has 9 heteroatoms. The van der Waals surface area contributed by atoms with Crippen molar-refractivity contribution in [3.63, 3.8) is 0 Å². The highest BCUT2D eigenvalue weighted by molar-refractivity contribution is 9.09. The summed E-state index contributed by atoms with van der Waals surface area (Å²) in [5.41, 5.74) is 0.545. The Morgan fingerprint density at radius 3 is 2.33 bits per heavy atom. The van der Waals surface area contributed by atoms with Crippen molar-refractivity contribution in [3.05, 3.63) is 29.8 Å². The van der Waals surface area contributed by atoms with Crippen LogP contribution < -0.4 is 5.32 Å². The fraction of sp³-hybridized carbons (Fsp3) is 0.222. The van der Waals surface area contributed by atoms with Crippen molar-refractivity contribution in [1.29, 1.82) is 0 Å². The van der Waals surface area contributed by atoms with Crippen molar-refractivity contribution >= 4 is 36.2 Å². The van der Waals surface area contributed by atoms with Crippen LogP contribution in [0.4, 0.5) is 18.9 Å². The SMILES string of the molecule is O=POC(Br)c1ccc(NC(=O)C(F)(F)F)cc1. The van der Waals surface area contributed by atoms with Gasteiger partial charge in [-0.2, -0.15) is 13.2 Å². The molecule has 0 spiro atoms. The molecular formula is C9H6BrF3NO3P. The Balaban J connectivity index is 2.72. The molecule has 98 valence electrons. The van der Waals surface area contributed by atoms with Gasteiger partial charge >= 0.3 is 20.8 Å². The van der Waals surface area contributed by atoms with Crippen molar-refractivity contribution < 1.29 is 27.1 Å². The first-order valence-corrected chi connectivity index (χ1v) is 6.10. The van der Waals surface area contributed by atoms with Crippen LogP contribution in [0, 0.1) is 0 Å². The Kier molecular flexibility index (Phi) is 5.25. The molecule has 0 aromatic heterocycles. The molecule has 0 radical (unpaired) electrons. The number of carbonyl (C=O) groups is 1. The van der Waals surface area contributed by atoms with Crippen LogP contribution in [0.25, 0.3) is 0 Å². The molecule has 0 fully saturated rings. The monoisotopic (exact) mass is 343 g/mol. The minimum Gasteiger partial charge on any atom is -0.318 e. The first-order chi connectivity index (χ1) is 8.34. The van der Waals surface area contributed by atoms with E-state index in [9.17, 15) is 22.5 Å². The van der Waals surface area contributed by atoms with Crippen LogP contribution in [0.5, 0.6) is 0 Å². The first-order valence-electron chi connectivity index (χ1n) is 4.45. The molecule has 0 aliphatic carbocycles. The summed E-state index contributed by atoms with van der Waals surface area (Å²) in [7, 11) is -0.529. The summed E-state index contributed by atoms with van der Waals surface area (Å²) in [6.45, 7) is 0. The zero-order valence-electron chi connectivity index (χ0n) is 8.57. The second kappa shape index (κ2) is 6.26. The number of rotatable bonds is 4. The van der Waals surface area contributed by atoms with E-state index in [2.05, 4.69) is 20.5 Å². The molecule has 0 aliphatic heterocycles. The van der Waals surface area contributed by atoms with E-state index >= 15 is 0 Å². The van der Waals surface area contributed by atoms with Gasteiger partial charge in [-0.3, -0.25) is 9.32 Å². The third-order valence-corrected chi connectivity index (χ3v) is 3.13. The summed E-state index contributed by atoms with van der Waals surface area (Å²) < 4.78 is 50.7. The van der Waals surface area contributed by atoms with Crippen molar-refractivity contribution in [2.75, 3.05) is 5.32 Å². The third kappa shape index (κ3) is 4.36. The lowest BCUT2D eigenvalue weighted by molar-refractivity contribution is -0.167. The van der Waals surface area contributed by atoms with E-state index in [0.29, 0.717) is 5.56 Å². The molecule has 0 saturated heterocycles. The molecule has 1 aromatic carbocycles. The molecule has 0 aliphatic rings. The summed E-state index contributed by atoms with van der Waals surface area (Å²) in [6.07, 6.45) is -4.93. The maximum absolute atomic E-state index is 12.0. The number of benzene rings is 1. The first kappa shape index (κ1) is 15.1. The van der Waals surface area contributed by atoms with Crippen LogP contribution in [0.1, 0.15) is 10.6 Å². The van der Waals surface area contributed by atoms with Gasteiger partial charge in [0.05, 0.1) is 0 Å². The van der Waals surface area contributed by atoms with E-state index in [1.807, 2.05) is 0 Å². The van der Waals surface area contributed by atoms with Gasteiger partial charge in [0.2, 0.25) is 0 Å². The van der Waals surface area contributed by atoms with Crippen LogP contribution in [0.3, 0.4) is 0 Å². The lowest BCUT2D eigenvalue weighted by Crippen LogP contribution is -2.29. The highest BCUT2D eigenvalue weighted by Gasteiger charge is 2.38. The zero-order chi connectivity index (χ0) is 13.8. The van der Waals surface area contributed by atoms with E-state index in [-0.39, 0.29) is 5.69 Å². The summed E-state index contributed by atoms with van der Waals surface area (Å²) in [6, 6.07) is 5.41. The standard InChI is InChI=1S/C9H6BrF3NO3P/c10-7(17-18-16)5-1-3-6(4-2-5)14-8(15)9(11,12)13/h1-4,7H,(H,14,15). The molecule has 1 rings (SSSR count). The number of carbonyl (C=O) groups excluding carboxylic acids is 1. The van der Waals surface area contributed by atoms with E-state index in [0.717, 1.165) is 0 Å². The van der Waals surface area contributed by atoms with Gasteiger partial charge in [0.15, 0.2) is 5.01 Å². The predicted molar refractivity (Wildman–Crippen MR) is 61.5 cm³/mol. The number of hydrogen-bond donors (Lipinski definition) is 1. The maximum Gasteiger partial charge on any atom is 0.471 e. The Bertz CT molecular complexity index is 438. The van der Waals surface area contributed by atoms with Crippen molar-refractivity contribution in [2.45, 2.75) is 11.2 Å². The summed E-state index contributed by atoms with van der Waals surface area (Å²) in [5, 5.41) is 1.05. The van der Waals surface area contributed by atoms with E-state index < -0.39 is 25.8 Å². The quantitative estimate of drug-likeness (QED) is 0.668. The molecule has 1 amide bonds. The van der Waals surface area contributed by atoms with Gasteiger partial charge in [-0.25, -0.2) is 4.57 Å². The van der Waals surface area contributed by atoms with Gasteiger partial charge in [0, 0.05) is 5.69 Å². The molecule has 1 N–H and O–H groups in total. The molecule has 1 unspecified atom stereocenters. The molecule has 0 bridgehead atoms. The van der Waals surface area contributed by atoms with E-state index in [1.165, 1.54) is 24.3 Å². The van der Waals surface area contributed by atoms with Gasteiger partial charge < -0.3 is 5.32 Å². The fourth-order valence-corrected chi connectivity index (χ4v) is 1.73. The second-order valence-corrected chi connectivity index (χ2v) is 4.26. The molecule has 0 saturated carbocycles. The Labute approximate surface area is 110 Å². The normalized spacial score (nSPS) is 13.3. The van der Waals surface area contributed by atoms with Crippen molar-refractivity contribution in [1.82, 2.24) is 0 Å². The summed E-state index contributed by atoms with van der Waals surface area (Å²) in [4.78, 5) is 10.6. The number of amides is 1. The van der Waals surface area contributed by atoms with Crippen LogP contribution in [0.15, 0.2) is 24.3 Å². The molecule has 18 heavy (non-hydrogen) atoms.